The van der Waals surface area contributed by atoms with Crippen molar-refractivity contribution in [3.8, 4) is 5.69 Å². The molecule has 5 nitrogen and oxygen atoms in total. The Labute approximate surface area is 168 Å². The SMILES string of the molecule is O=C(NCCc1c(F)cccc1F)c1nnn(-c2ccc(Br)cc2)c1C1CC1. The van der Waals surface area contributed by atoms with E-state index in [1.165, 1.54) is 18.2 Å². The van der Waals surface area contributed by atoms with E-state index >= 15 is 0 Å². The predicted octanol–water partition coefficient (Wildman–Crippen LogP) is 4.16. The smallest absolute Gasteiger partial charge is 0.273 e. The molecule has 1 aromatic heterocycles. The number of nitrogens with zero attached hydrogens (tertiary/aromatic N) is 3. The highest BCUT2D eigenvalue weighted by Gasteiger charge is 2.34. The molecule has 1 saturated carbocycles. The topological polar surface area (TPSA) is 59.8 Å². The second-order valence-corrected chi connectivity index (χ2v) is 7.61. The predicted molar refractivity (Wildman–Crippen MR) is 103 cm³/mol. The van der Waals surface area contributed by atoms with Crippen molar-refractivity contribution in [1.29, 1.82) is 0 Å². The van der Waals surface area contributed by atoms with Crippen molar-refractivity contribution in [2.45, 2.75) is 25.2 Å². The van der Waals surface area contributed by atoms with Crippen LogP contribution in [-0.4, -0.2) is 27.4 Å². The largest absolute Gasteiger partial charge is 0.350 e. The van der Waals surface area contributed by atoms with E-state index in [4.69, 9.17) is 0 Å². The third-order valence-corrected chi connectivity index (χ3v) is 5.21. The molecule has 0 bridgehead atoms. The molecule has 1 N–H and O–H groups in total. The van der Waals surface area contributed by atoms with E-state index in [1.54, 1.807) is 4.68 Å². The lowest BCUT2D eigenvalue weighted by Gasteiger charge is -2.08. The molecule has 0 aliphatic heterocycles. The van der Waals surface area contributed by atoms with Gasteiger partial charge in [-0.2, -0.15) is 0 Å². The first-order valence-electron chi connectivity index (χ1n) is 8.97. The minimum Gasteiger partial charge on any atom is -0.350 e. The summed E-state index contributed by atoms with van der Waals surface area (Å²) in [5.41, 5.74) is 1.82. The number of carbonyl (C=O) groups is 1. The maximum Gasteiger partial charge on any atom is 0.273 e. The number of amides is 1. The summed E-state index contributed by atoms with van der Waals surface area (Å²) in [5.74, 6) is -1.38. The third kappa shape index (κ3) is 3.82. The molecule has 0 spiro atoms. The molecule has 28 heavy (non-hydrogen) atoms. The summed E-state index contributed by atoms with van der Waals surface area (Å²) < 4.78 is 30.1. The molecule has 0 radical (unpaired) electrons. The third-order valence-electron chi connectivity index (χ3n) is 4.68. The average Bonchev–Trinajstić information content (AvgIpc) is 3.42. The molecule has 1 aliphatic rings. The molecule has 0 atom stereocenters. The number of aromatic nitrogens is 3. The molecule has 3 aromatic rings. The van der Waals surface area contributed by atoms with Gasteiger partial charge in [-0.1, -0.05) is 27.2 Å². The van der Waals surface area contributed by atoms with Crippen molar-refractivity contribution >= 4 is 21.8 Å². The lowest BCUT2D eigenvalue weighted by molar-refractivity contribution is 0.0947. The van der Waals surface area contributed by atoms with Crippen LogP contribution in [0, 0.1) is 11.6 Å². The molecular weight excluding hydrogens is 430 g/mol. The molecule has 1 heterocycles. The summed E-state index contributed by atoms with van der Waals surface area (Å²) >= 11 is 3.40. The highest BCUT2D eigenvalue weighted by atomic mass is 79.9. The summed E-state index contributed by atoms with van der Waals surface area (Å²) in [7, 11) is 0. The Kier molecular flexibility index (Phi) is 5.21. The van der Waals surface area contributed by atoms with Crippen LogP contribution >= 0.6 is 15.9 Å². The molecule has 0 saturated heterocycles. The fraction of sp³-hybridized carbons (Fsp3) is 0.250. The highest BCUT2D eigenvalue weighted by Crippen LogP contribution is 2.42. The number of benzene rings is 2. The number of rotatable bonds is 6. The second-order valence-electron chi connectivity index (χ2n) is 6.69. The Morgan fingerprint density at radius 2 is 1.82 bits per heavy atom. The molecule has 144 valence electrons. The van der Waals surface area contributed by atoms with Crippen LogP contribution < -0.4 is 5.32 Å². The maximum atomic E-state index is 13.7. The minimum absolute atomic E-state index is 0.0382. The molecule has 2 aromatic carbocycles. The van der Waals surface area contributed by atoms with Gasteiger partial charge < -0.3 is 5.32 Å². The Hall–Kier alpha value is -2.61. The van der Waals surface area contributed by atoms with Crippen LogP contribution in [0.25, 0.3) is 5.69 Å². The van der Waals surface area contributed by atoms with E-state index in [9.17, 15) is 13.6 Å². The number of nitrogens with one attached hydrogen (secondary N) is 1. The van der Waals surface area contributed by atoms with Gasteiger partial charge in [-0.15, -0.1) is 5.10 Å². The van der Waals surface area contributed by atoms with Crippen LogP contribution in [0.3, 0.4) is 0 Å². The Morgan fingerprint density at radius 3 is 2.46 bits per heavy atom. The van der Waals surface area contributed by atoms with Gasteiger partial charge in [0.2, 0.25) is 0 Å². The molecule has 8 heteroatoms. The van der Waals surface area contributed by atoms with Crippen molar-refractivity contribution < 1.29 is 13.6 Å². The molecule has 0 unspecified atom stereocenters. The molecule has 1 fully saturated rings. The number of hydrogen-bond acceptors (Lipinski definition) is 3. The van der Waals surface area contributed by atoms with Crippen molar-refractivity contribution in [1.82, 2.24) is 20.3 Å². The van der Waals surface area contributed by atoms with Crippen molar-refractivity contribution in [3.05, 3.63) is 75.5 Å². The first-order chi connectivity index (χ1) is 13.5. The van der Waals surface area contributed by atoms with E-state index < -0.39 is 11.6 Å². The number of carbonyl (C=O) groups excluding carboxylic acids is 1. The number of halogens is 3. The molecule has 1 amide bonds. The summed E-state index contributed by atoms with van der Waals surface area (Å²) in [6, 6.07) is 11.3. The van der Waals surface area contributed by atoms with Crippen LogP contribution in [0.15, 0.2) is 46.9 Å². The summed E-state index contributed by atoms with van der Waals surface area (Å²) in [5, 5.41) is 10.9. The standard InChI is InChI=1S/C20H17BrF2N4O/c21-13-6-8-14(9-7-13)27-19(12-4-5-12)18(25-26-27)20(28)24-11-10-15-16(22)2-1-3-17(15)23/h1-3,6-9,12H,4-5,10-11H2,(H,24,28). The zero-order valence-electron chi connectivity index (χ0n) is 14.8. The minimum atomic E-state index is -0.617. The van der Waals surface area contributed by atoms with Crippen LogP contribution in [0.1, 0.15) is 40.5 Å². The maximum absolute atomic E-state index is 13.7. The summed E-state index contributed by atoms with van der Waals surface area (Å²) in [4.78, 5) is 12.6. The van der Waals surface area contributed by atoms with E-state index in [-0.39, 0.29) is 36.0 Å². The van der Waals surface area contributed by atoms with Crippen LogP contribution in [0.5, 0.6) is 0 Å². The Morgan fingerprint density at radius 1 is 1.14 bits per heavy atom. The molecule has 4 rings (SSSR count). The van der Waals surface area contributed by atoms with Crippen LogP contribution in [0.4, 0.5) is 8.78 Å². The quantitative estimate of drug-likeness (QED) is 0.618. The summed E-state index contributed by atoms with van der Waals surface area (Å²) in [6.07, 6.45) is 2.01. The van der Waals surface area contributed by atoms with Gasteiger partial charge in [0.15, 0.2) is 5.69 Å². The van der Waals surface area contributed by atoms with Gasteiger partial charge in [0.25, 0.3) is 5.91 Å². The van der Waals surface area contributed by atoms with E-state index in [2.05, 4.69) is 31.6 Å². The lowest BCUT2D eigenvalue weighted by Crippen LogP contribution is -2.27. The van der Waals surface area contributed by atoms with Gasteiger partial charge in [0, 0.05) is 22.5 Å². The fourth-order valence-electron chi connectivity index (χ4n) is 3.10. The Bertz CT molecular complexity index is 995. The van der Waals surface area contributed by atoms with Crippen molar-refractivity contribution in [2.24, 2.45) is 0 Å². The van der Waals surface area contributed by atoms with Gasteiger partial charge in [0.05, 0.1) is 11.4 Å². The summed E-state index contributed by atoms with van der Waals surface area (Å²) in [6.45, 7) is 0.103. The second kappa shape index (κ2) is 7.79. The average molecular weight is 447 g/mol. The lowest BCUT2D eigenvalue weighted by atomic mass is 10.1. The van der Waals surface area contributed by atoms with Crippen LogP contribution in [0.2, 0.25) is 0 Å². The zero-order valence-corrected chi connectivity index (χ0v) is 16.4. The fourth-order valence-corrected chi connectivity index (χ4v) is 3.37. The van der Waals surface area contributed by atoms with Crippen molar-refractivity contribution in [3.63, 3.8) is 0 Å². The van der Waals surface area contributed by atoms with Crippen LogP contribution in [-0.2, 0) is 6.42 Å². The van der Waals surface area contributed by atoms with Crippen molar-refractivity contribution in [2.75, 3.05) is 6.54 Å². The van der Waals surface area contributed by atoms with Gasteiger partial charge in [-0.3, -0.25) is 4.79 Å². The first-order valence-corrected chi connectivity index (χ1v) is 9.76. The molecular formula is C20H17BrF2N4O. The van der Waals surface area contributed by atoms with E-state index in [0.29, 0.717) is 0 Å². The van der Waals surface area contributed by atoms with Gasteiger partial charge >= 0.3 is 0 Å². The number of hydrogen-bond donors (Lipinski definition) is 1. The monoisotopic (exact) mass is 446 g/mol. The Balaban J connectivity index is 1.51. The highest BCUT2D eigenvalue weighted by molar-refractivity contribution is 9.10. The normalized spacial score (nSPS) is 13.5. The van der Waals surface area contributed by atoms with Gasteiger partial charge in [0.1, 0.15) is 11.6 Å². The first kappa shape index (κ1) is 18.7. The zero-order chi connectivity index (χ0) is 19.7. The van der Waals surface area contributed by atoms with Gasteiger partial charge in [-0.25, -0.2) is 13.5 Å². The van der Waals surface area contributed by atoms with E-state index in [0.717, 1.165) is 28.7 Å². The van der Waals surface area contributed by atoms with E-state index in [1.807, 2.05) is 24.3 Å². The molecule has 1 aliphatic carbocycles. The van der Waals surface area contributed by atoms with Gasteiger partial charge in [-0.05, 0) is 55.7 Å².